The molecule has 0 bridgehead atoms. The van der Waals surface area contributed by atoms with Crippen molar-refractivity contribution in [3.05, 3.63) is 29.8 Å². The zero-order valence-corrected chi connectivity index (χ0v) is 15.5. The lowest BCUT2D eigenvalue weighted by molar-refractivity contribution is -0.123. The molecule has 25 heavy (non-hydrogen) atoms. The van der Waals surface area contributed by atoms with Crippen molar-refractivity contribution in [1.29, 1.82) is 0 Å². The number of carbonyl (C=O) groups is 1. The van der Waals surface area contributed by atoms with E-state index in [9.17, 15) is 13.2 Å². The number of amides is 1. The highest BCUT2D eigenvalue weighted by atomic mass is 32.2. The highest BCUT2D eigenvalue weighted by molar-refractivity contribution is 7.89. The summed E-state index contributed by atoms with van der Waals surface area (Å²) in [5.41, 5.74) is 0.769. The molecule has 0 radical (unpaired) electrons. The maximum Gasteiger partial charge on any atom is 0.243 e. The fourth-order valence-electron chi connectivity index (χ4n) is 3.67. The van der Waals surface area contributed by atoms with E-state index in [0.717, 1.165) is 37.8 Å². The van der Waals surface area contributed by atoms with Crippen LogP contribution in [-0.2, 0) is 14.8 Å². The van der Waals surface area contributed by atoms with Gasteiger partial charge in [-0.15, -0.1) is 0 Å². The second-order valence-corrected chi connectivity index (χ2v) is 8.94. The highest BCUT2D eigenvalue weighted by Gasteiger charge is 2.31. The number of nitrogens with one attached hydrogen (secondary N) is 2. The van der Waals surface area contributed by atoms with Gasteiger partial charge in [-0.05, 0) is 56.7 Å². The van der Waals surface area contributed by atoms with E-state index in [-0.39, 0.29) is 17.9 Å². The molecule has 3 rings (SSSR count). The van der Waals surface area contributed by atoms with Crippen LogP contribution in [-0.4, -0.2) is 50.9 Å². The van der Waals surface area contributed by atoms with Gasteiger partial charge in [0.05, 0.1) is 10.9 Å². The minimum Gasteiger partial charge on any atom is -0.354 e. The molecule has 1 amide bonds. The first kappa shape index (κ1) is 18.4. The Morgan fingerprint density at radius 2 is 2.08 bits per heavy atom. The molecule has 7 heteroatoms. The fraction of sp³-hybridized carbons (Fsp3) is 0.611. The number of benzene rings is 1. The van der Waals surface area contributed by atoms with E-state index in [1.54, 1.807) is 16.4 Å². The number of sulfonamides is 1. The van der Waals surface area contributed by atoms with Crippen molar-refractivity contribution < 1.29 is 13.2 Å². The van der Waals surface area contributed by atoms with Gasteiger partial charge in [-0.2, -0.15) is 4.31 Å². The van der Waals surface area contributed by atoms with Crippen molar-refractivity contribution >= 4 is 15.9 Å². The van der Waals surface area contributed by atoms with Crippen LogP contribution >= 0.6 is 0 Å². The van der Waals surface area contributed by atoms with Gasteiger partial charge in [0.1, 0.15) is 0 Å². The molecule has 1 aromatic rings. The van der Waals surface area contributed by atoms with E-state index in [2.05, 4.69) is 10.6 Å². The quantitative estimate of drug-likeness (QED) is 0.824. The van der Waals surface area contributed by atoms with Crippen molar-refractivity contribution in [3.63, 3.8) is 0 Å². The zero-order chi connectivity index (χ0) is 17.9. The molecule has 0 aliphatic carbocycles. The van der Waals surface area contributed by atoms with Crippen LogP contribution in [0.15, 0.2) is 29.2 Å². The average Bonchev–Trinajstić information content (AvgIpc) is 3.15. The second kappa shape index (κ2) is 7.85. The predicted molar refractivity (Wildman–Crippen MR) is 96.7 cm³/mol. The molecule has 2 aliphatic rings. The Balaban J connectivity index is 1.61. The van der Waals surface area contributed by atoms with Crippen LogP contribution in [0.2, 0.25) is 0 Å². The van der Waals surface area contributed by atoms with E-state index in [0.29, 0.717) is 24.5 Å². The van der Waals surface area contributed by atoms with Crippen LogP contribution in [0.25, 0.3) is 0 Å². The molecule has 0 saturated carbocycles. The van der Waals surface area contributed by atoms with Crippen LogP contribution in [0.5, 0.6) is 0 Å². The largest absolute Gasteiger partial charge is 0.354 e. The summed E-state index contributed by atoms with van der Waals surface area (Å²) in [6.07, 6.45) is 3.68. The van der Waals surface area contributed by atoms with Crippen LogP contribution in [0, 0.1) is 12.8 Å². The number of piperidine rings is 1. The van der Waals surface area contributed by atoms with Crippen molar-refractivity contribution in [3.8, 4) is 0 Å². The third kappa shape index (κ3) is 4.22. The predicted octanol–water partition coefficient (Wildman–Crippen LogP) is 1.26. The zero-order valence-electron chi connectivity index (χ0n) is 14.7. The highest BCUT2D eigenvalue weighted by Crippen LogP contribution is 2.25. The standard InChI is InChI=1S/C18H27N3O3S/c1-14-6-2-3-9-17(14)25(23,24)21-11-5-7-15(13-21)12-20-18(22)16-8-4-10-19-16/h2-3,6,9,15-16,19H,4-5,7-8,10-13H2,1H3,(H,20,22). The Morgan fingerprint density at radius 1 is 1.28 bits per heavy atom. The molecule has 0 aromatic heterocycles. The summed E-state index contributed by atoms with van der Waals surface area (Å²) in [7, 11) is -3.47. The van der Waals surface area contributed by atoms with Gasteiger partial charge in [0.25, 0.3) is 0 Å². The molecule has 2 aliphatic heterocycles. The van der Waals surface area contributed by atoms with E-state index < -0.39 is 10.0 Å². The maximum absolute atomic E-state index is 12.9. The van der Waals surface area contributed by atoms with E-state index >= 15 is 0 Å². The van der Waals surface area contributed by atoms with Gasteiger partial charge in [0.2, 0.25) is 15.9 Å². The van der Waals surface area contributed by atoms with Crippen LogP contribution < -0.4 is 10.6 Å². The van der Waals surface area contributed by atoms with E-state index in [4.69, 9.17) is 0 Å². The molecule has 2 N–H and O–H groups in total. The molecule has 2 fully saturated rings. The Morgan fingerprint density at radius 3 is 2.80 bits per heavy atom. The van der Waals surface area contributed by atoms with Crippen LogP contribution in [0.1, 0.15) is 31.2 Å². The summed E-state index contributed by atoms with van der Waals surface area (Å²) < 4.78 is 27.4. The second-order valence-electron chi connectivity index (χ2n) is 7.03. The van der Waals surface area contributed by atoms with Gasteiger partial charge < -0.3 is 10.6 Å². The summed E-state index contributed by atoms with van der Waals surface area (Å²) in [6, 6.07) is 7.01. The summed E-state index contributed by atoms with van der Waals surface area (Å²) in [4.78, 5) is 12.5. The van der Waals surface area contributed by atoms with Gasteiger partial charge >= 0.3 is 0 Å². The molecule has 2 saturated heterocycles. The fourth-order valence-corrected chi connectivity index (χ4v) is 5.45. The molecular formula is C18H27N3O3S. The number of rotatable bonds is 5. The SMILES string of the molecule is Cc1ccccc1S(=O)(=O)N1CCCC(CNC(=O)C2CCCN2)C1. The van der Waals surface area contributed by atoms with Crippen molar-refractivity contribution in [1.82, 2.24) is 14.9 Å². The summed E-state index contributed by atoms with van der Waals surface area (Å²) in [5.74, 6) is 0.203. The molecule has 0 spiro atoms. The van der Waals surface area contributed by atoms with E-state index in [1.807, 2.05) is 19.1 Å². The van der Waals surface area contributed by atoms with E-state index in [1.165, 1.54) is 0 Å². The molecule has 138 valence electrons. The third-order valence-electron chi connectivity index (χ3n) is 5.13. The Kier molecular flexibility index (Phi) is 5.76. The van der Waals surface area contributed by atoms with Gasteiger partial charge in [-0.3, -0.25) is 4.79 Å². The van der Waals surface area contributed by atoms with Gasteiger partial charge in [0, 0.05) is 19.6 Å². The summed E-state index contributed by atoms with van der Waals surface area (Å²) in [5, 5.41) is 6.18. The maximum atomic E-state index is 12.9. The first-order valence-corrected chi connectivity index (χ1v) is 10.5. The van der Waals surface area contributed by atoms with Crippen molar-refractivity contribution in [2.45, 2.75) is 43.5 Å². The van der Waals surface area contributed by atoms with Gasteiger partial charge in [-0.25, -0.2) is 8.42 Å². The molecule has 2 heterocycles. The average molecular weight is 365 g/mol. The van der Waals surface area contributed by atoms with Crippen LogP contribution in [0.3, 0.4) is 0 Å². The monoisotopic (exact) mass is 365 g/mol. The topological polar surface area (TPSA) is 78.5 Å². The number of hydrogen-bond acceptors (Lipinski definition) is 4. The number of carbonyl (C=O) groups excluding carboxylic acids is 1. The molecule has 1 aromatic carbocycles. The van der Waals surface area contributed by atoms with Gasteiger partial charge in [0.15, 0.2) is 0 Å². The smallest absolute Gasteiger partial charge is 0.243 e. The Hall–Kier alpha value is -1.44. The first-order valence-electron chi connectivity index (χ1n) is 9.05. The lowest BCUT2D eigenvalue weighted by Gasteiger charge is -2.32. The lowest BCUT2D eigenvalue weighted by atomic mass is 9.99. The number of hydrogen-bond donors (Lipinski definition) is 2. The normalized spacial score (nSPS) is 25.0. The number of aryl methyl sites for hydroxylation is 1. The Labute approximate surface area is 150 Å². The number of nitrogens with zero attached hydrogens (tertiary/aromatic N) is 1. The lowest BCUT2D eigenvalue weighted by Crippen LogP contribution is -2.46. The first-order chi connectivity index (χ1) is 12.0. The molecule has 6 nitrogen and oxygen atoms in total. The summed E-state index contributed by atoms with van der Waals surface area (Å²) >= 11 is 0. The molecular weight excluding hydrogens is 338 g/mol. The third-order valence-corrected chi connectivity index (χ3v) is 7.16. The van der Waals surface area contributed by atoms with Crippen molar-refractivity contribution in [2.75, 3.05) is 26.2 Å². The molecule has 2 atom stereocenters. The molecule has 2 unspecified atom stereocenters. The van der Waals surface area contributed by atoms with Crippen molar-refractivity contribution in [2.24, 2.45) is 5.92 Å². The Bertz CT molecular complexity index is 714. The minimum atomic E-state index is -3.47. The van der Waals surface area contributed by atoms with Gasteiger partial charge in [-0.1, -0.05) is 18.2 Å². The van der Waals surface area contributed by atoms with Crippen LogP contribution in [0.4, 0.5) is 0 Å². The summed E-state index contributed by atoms with van der Waals surface area (Å²) in [6.45, 7) is 4.27. The minimum absolute atomic E-state index is 0.0383.